The molecule has 0 unspecified atom stereocenters. The highest BCUT2D eigenvalue weighted by Gasteiger charge is 2.16. The van der Waals surface area contributed by atoms with Crippen molar-refractivity contribution in [2.45, 2.75) is 25.7 Å². The second-order valence-corrected chi connectivity index (χ2v) is 5.19. The van der Waals surface area contributed by atoms with Crippen LogP contribution < -0.4 is 10.1 Å². The summed E-state index contributed by atoms with van der Waals surface area (Å²) in [6.45, 7) is 3.57. The number of methoxy groups -OCH3 is 1. The van der Waals surface area contributed by atoms with E-state index in [1.165, 1.54) is 5.56 Å². The van der Waals surface area contributed by atoms with E-state index in [0.29, 0.717) is 12.3 Å². The Hall–Kier alpha value is -1.55. The third-order valence-corrected chi connectivity index (χ3v) is 3.72. The van der Waals surface area contributed by atoms with Gasteiger partial charge in [0, 0.05) is 26.1 Å². The average molecular weight is 276 g/mol. The summed E-state index contributed by atoms with van der Waals surface area (Å²) in [4.78, 5) is 13.8. The molecule has 4 heteroatoms. The Labute approximate surface area is 121 Å². The fourth-order valence-electron chi connectivity index (χ4n) is 2.47. The largest absolute Gasteiger partial charge is 0.497 e. The molecule has 0 aromatic heterocycles. The van der Waals surface area contributed by atoms with Crippen molar-refractivity contribution in [2.75, 3.05) is 33.3 Å². The highest BCUT2D eigenvalue weighted by Crippen LogP contribution is 2.11. The predicted molar refractivity (Wildman–Crippen MR) is 80.0 cm³/mol. The van der Waals surface area contributed by atoms with E-state index in [0.717, 1.165) is 51.2 Å². The third kappa shape index (κ3) is 4.53. The highest BCUT2D eigenvalue weighted by atomic mass is 16.5. The first-order chi connectivity index (χ1) is 9.79. The first-order valence-corrected chi connectivity index (χ1v) is 7.41. The molecule has 0 saturated carbocycles. The monoisotopic (exact) mass is 276 g/mol. The summed E-state index contributed by atoms with van der Waals surface area (Å²) < 4.78 is 5.13. The van der Waals surface area contributed by atoms with Gasteiger partial charge in [0.2, 0.25) is 5.91 Å². The van der Waals surface area contributed by atoms with Crippen molar-refractivity contribution in [3.8, 4) is 5.75 Å². The molecule has 1 saturated heterocycles. The zero-order chi connectivity index (χ0) is 14.2. The van der Waals surface area contributed by atoms with E-state index in [4.69, 9.17) is 4.74 Å². The second-order valence-electron chi connectivity index (χ2n) is 5.19. The number of nitrogens with zero attached hydrogens (tertiary/aromatic N) is 1. The molecule has 2 rings (SSSR count). The van der Waals surface area contributed by atoms with Crippen LogP contribution in [-0.4, -0.2) is 44.1 Å². The smallest absolute Gasteiger partial charge is 0.223 e. The van der Waals surface area contributed by atoms with Crippen LogP contribution in [0.2, 0.25) is 0 Å². The lowest BCUT2D eigenvalue weighted by molar-refractivity contribution is -0.130. The van der Waals surface area contributed by atoms with Gasteiger partial charge >= 0.3 is 0 Å². The molecule has 1 amide bonds. The number of ether oxygens (including phenoxy) is 1. The van der Waals surface area contributed by atoms with Crippen LogP contribution in [-0.2, 0) is 11.2 Å². The fraction of sp³-hybridized carbons (Fsp3) is 0.562. The number of carbonyl (C=O) groups excluding carboxylic acids is 1. The summed E-state index contributed by atoms with van der Waals surface area (Å²) in [5.74, 6) is 1.18. The number of likely N-dealkylation sites (tertiary alicyclic amines) is 1. The fourth-order valence-corrected chi connectivity index (χ4v) is 2.47. The van der Waals surface area contributed by atoms with Gasteiger partial charge in [-0.05, 0) is 43.5 Å². The minimum absolute atomic E-state index is 0.291. The molecule has 1 fully saturated rings. The number of nitrogens with one attached hydrogen (secondary N) is 1. The van der Waals surface area contributed by atoms with Crippen LogP contribution >= 0.6 is 0 Å². The van der Waals surface area contributed by atoms with Crippen molar-refractivity contribution in [2.24, 2.45) is 0 Å². The van der Waals surface area contributed by atoms with Gasteiger partial charge in [0.1, 0.15) is 5.75 Å². The van der Waals surface area contributed by atoms with Gasteiger partial charge in [0.25, 0.3) is 0 Å². The van der Waals surface area contributed by atoms with Crippen molar-refractivity contribution in [3.63, 3.8) is 0 Å². The Morgan fingerprint density at radius 2 is 1.90 bits per heavy atom. The molecule has 1 aromatic rings. The van der Waals surface area contributed by atoms with Gasteiger partial charge in [-0.2, -0.15) is 0 Å². The van der Waals surface area contributed by atoms with Gasteiger partial charge < -0.3 is 15.0 Å². The number of benzene rings is 1. The van der Waals surface area contributed by atoms with Crippen LogP contribution in [0, 0.1) is 0 Å². The Kier molecular flexibility index (Phi) is 5.87. The van der Waals surface area contributed by atoms with Crippen LogP contribution in [0.3, 0.4) is 0 Å². The molecule has 0 bridgehead atoms. The number of hydrogen-bond donors (Lipinski definition) is 1. The number of rotatable bonds is 7. The van der Waals surface area contributed by atoms with E-state index in [2.05, 4.69) is 17.4 Å². The van der Waals surface area contributed by atoms with Crippen LogP contribution in [0.4, 0.5) is 0 Å². The van der Waals surface area contributed by atoms with Crippen molar-refractivity contribution in [1.82, 2.24) is 10.2 Å². The van der Waals surface area contributed by atoms with Crippen molar-refractivity contribution in [3.05, 3.63) is 29.8 Å². The van der Waals surface area contributed by atoms with Gasteiger partial charge in [0.05, 0.1) is 7.11 Å². The molecular formula is C16H24N2O2. The molecule has 110 valence electrons. The lowest BCUT2D eigenvalue weighted by Gasteiger charge is -2.15. The van der Waals surface area contributed by atoms with Crippen LogP contribution in [0.25, 0.3) is 0 Å². The maximum atomic E-state index is 11.8. The van der Waals surface area contributed by atoms with Gasteiger partial charge in [-0.25, -0.2) is 0 Å². The standard InChI is InChI=1S/C16H24N2O2/c1-20-15-6-4-14(5-7-15)8-10-17-11-9-16(19)18-12-2-3-13-18/h4-7,17H,2-3,8-13H2,1H3. The van der Waals surface area contributed by atoms with Crippen molar-refractivity contribution >= 4 is 5.91 Å². The lowest BCUT2D eigenvalue weighted by Crippen LogP contribution is -2.31. The molecule has 1 aliphatic heterocycles. The maximum Gasteiger partial charge on any atom is 0.223 e. The van der Waals surface area contributed by atoms with Crippen LogP contribution in [0.15, 0.2) is 24.3 Å². The van der Waals surface area contributed by atoms with E-state index in [9.17, 15) is 4.79 Å². The van der Waals surface area contributed by atoms with Crippen molar-refractivity contribution in [1.29, 1.82) is 0 Å². The summed E-state index contributed by atoms with van der Waals surface area (Å²) in [5.41, 5.74) is 1.28. The molecule has 0 aliphatic carbocycles. The minimum atomic E-state index is 0.291. The average Bonchev–Trinajstić information content (AvgIpc) is 3.01. The topological polar surface area (TPSA) is 41.6 Å². The summed E-state index contributed by atoms with van der Waals surface area (Å²) in [7, 11) is 1.67. The molecule has 1 aromatic carbocycles. The van der Waals surface area contributed by atoms with E-state index in [1.54, 1.807) is 7.11 Å². The molecular weight excluding hydrogens is 252 g/mol. The normalized spacial score (nSPS) is 14.6. The summed E-state index contributed by atoms with van der Waals surface area (Å²) in [6.07, 6.45) is 3.91. The second kappa shape index (κ2) is 7.90. The van der Waals surface area contributed by atoms with Gasteiger partial charge in [-0.3, -0.25) is 4.79 Å². The molecule has 1 heterocycles. The minimum Gasteiger partial charge on any atom is -0.497 e. The highest BCUT2D eigenvalue weighted by molar-refractivity contribution is 5.76. The first-order valence-electron chi connectivity index (χ1n) is 7.41. The van der Waals surface area contributed by atoms with E-state index in [-0.39, 0.29) is 0 Å². The summed E-state index contributed by atoms with van der Waals surface area (Å²) in [6, 6.07) is 8.12. The third-order valence-electron chi connectivity index (χ3n) is 3.72. The number of carbonyl (C=O) groups is 1. The zero-order valence-electron chi connectivity index (χ0n) is 12.2. The Balaban J connectivity index is 1.57. The molecule has 0 atom stereocenters. The van der Waals surface area contributed by atoms with Crippen molar-refractivity contribution < 1.29 is 9.53 Å². The molecule has 1 aliphatic rings. The molecule has 0 radical (unpaired) electrons. The molecule has 4 nitrogen and oxygen atoms in total. The molecule has 1 N–H and O–H groups in total. The van der Waals surface area contributed by atoms with Gasteiger partial charge in [-0.15, -0.1) is 0 Å². The van der Waals surface area contributed by atoms with Gasteiger partial charge in [0.15, 0.2) is 0 Å². The summed E-state index contributed by atoms with van der Waals surface area (Å²) >= 11 is 0. The number of amides is 1. The Bertz CT molecular complexity index is 411. The van der Waals surface area contributed by atoms with Crippen LogP contribution in [0.5, 0.6) is 5.75 Å². The van der Waals surface area contributed by atoms with Crippen LogP contribution in [0.1, 0.15) is 24.8 Å². The van der Waals surface area contributed by atoms with E-state index < -0.39 is 0 Å². The predicted octanol–water partition coefficient (Wildman–Crippen LogP) is 1.84. The SMILES string of the molecule is COc1ccc(CCNCCC(=O)N2CCCC2)cc1. The zero-order valence-corrected chi connectivity index (χ0v) is 12.2. The maximum absolute atomic E-state index is 11.8. The molecule has 20 heavy (non-hydrogen) atoms. The first kappa shape index (κ1) is 14.9. The van der Waals surface area contributed by atoms with E-state index >= 15 is 0 Å². The Morgan fingerprint density at radius 3 is 2.55 bits per heavy atom. The van der Waals surface area contributed by atoms with E-state index in [1.807, 2.05) is 17.0 Å². The number of hydrogen-bond acceptors (Lipinski definition) is 3. The quantitative estimate of drug-likeness (QED) is 0.773. The lowest BCUT2D eigenvalue weighted by atomic mass is 10.1. The molecule has 0 spiro atoms. The van der Waals surface area contributed by atoms with Gasteiger partial charge in [-0.1, -0.05) is 12.1 Å². The Morgan fingerprint density at radius 1 is 1.20 bits per heavy atom. The summed E-state index contributed by atoms with van der Waals surface area (Å²) in [5, 5.41) is 3.34.